The van der Waals surface area contributed by atoms with E-state index in [1.165, 1.54) is 39.0 Å². The molecule has 4 rings (SSSR count). The lowest BCUT2D eigenvalue weighted by Gasteiger charge is -2.10. The molecule has 0 nitrogen and oxygen atoms in total. The first-order valence-corrected chi connectivity index (χ1v) is 8.77. The highest BCUT2D eigenvalue weighted by atomic mass is 14.3. The molecule has 3 aromatic rings. The van der Waals surface area contributed by atoms with Crippen LogP contribution in [-0.4, -0.2) is 0 Å². The smallest absolute Gasteiger partial charge is 0.000728 e. The minimum absolute atomic E-state index is 1.02. The Morgan fingerprint density at radius 2 is 1.33 bits per heavy atom. The van der Waals surface area contributed by atoms with Gasteiger partial charge in [-0.1, -0.05) is 98.3 Å². The Morgan fingerprint density at radius 1 is 0.667 bits per heavy atom. The molecule has 24 heavy (non-hydrogen) atoms. The number of hydrogen-bond donors (Lipinski definition) is 0. The lowest BCUT2D eigenvalue weighted by atomic mass is 9.94. The summed E-state index contributed by atoms with van der Waals surface area (Å²) in [6.07, 6.45) is 1.02. The second kappa shape index (κ2) is 7.31. The first kappa shape index (κ1) is 16.3. The quantitative estimate of drug-likeness (QED) is 0.504. The van der Waals surface area contributed by atoms with Gasteiger partial charge >= 0.3 is 0 Å². The van der Waals surface area contributed by atoms with Gasteiger partial charge in [0.25, 0.3) is 0 Å². The summed E-state index contributed by atoms with van der Waals surface area (Å²) in [6, 6.07) is 28.4. The van der Waals surface area contributed by atoms with Crippen molar-refractivity contribution in [2.24, 2.45) is 0 Å². The molecule has 3 aromatic carbocycles. The van der Waals surface area contributed by atoms with Crippen molar-refractivity contribution >= 4 is 11.1 Å². The highest BCUT2D eigenvalue weighted by molar-refractivity contribution is 6.03. The van der Waals surface area contributed by atoms with Gasteiger partial charge in [-0.3, -0.25) is 0 Å². The van der Waals surface area contributed by atoms with E-state index in [-0.39, 0.29) is 0 Å². The topological polar surface area (TPSA) is 0 Å². The molecule has 0 spiro atoms. The van der Waals surface area contributed by atoms with Crippen molar-refractivity contribution in [1.29, 1.82) is 0 Å². The Hall–Kier alpha value is -2.60. The summed E-state index contributed by atoms with van der Waals surface area (Å²) >= 11 is 0. The summed E-state index contributed by atoms with van der Waals surface area (Å²) in [4.78, 5) is 0. The number of allylic oxidation sites excluding steroid dienone is 1. The first-order chi connectivity index (χ1) is 11.8. The molecule has 0 aliphatic heterocycles. The molecule has 0 atom stereocenters. The van der Waals surface area contributed by atoms with Gasteiger partial charge in [-0.2, -0.15) is 0 Å². The van der Waals surface area contributed by atoms with E-state index >= 15 is 0 Å². The van der Waals surface area contributed by atoms with Crippen LogP contribution >= 0.6 is 0 Å². The summed E-state index contributed by atoms with van der Waals surface area (Å²) in [5, 5.41) is 0. The lowest BCUT2D eigenvalue weighted by molar-refractivity contribution is 1.31. The average Bonchev–Trinajstić information content (AvgIpc) is 3.04. The van der Waals surface area contributed by atoms with E-state index in [0.29, 0.717) is 0 Å². The molecule has 0 bridgehead atoms. The van der Waals surface area contributed by atoms with Crippen molar-refractivity contribution in [2.45, 2.75) is 27.2 Å². The van der Waals surface area contributed by atoms with Crippen molar-refractivity contribution in [1.82, 2.24) is 0 Å². The Labute approximate surface area is 145 Å². The van der Waals surface area contributed by atoms with Crippen LogP contribution < -0.4 is 0 Å². The van der Waals surface area contributed by atoms with Crippen molar-refractivity contribution in [3.63, 3.8) is 0 Å². The minimum atomic E-state index is 1.02. The maximum atomic E-state index is 2.30. The second-order valence-corrected chi connectivity index (χ2v) is 5.92. The van der Waals surface area contributed by atoms with Gasteiger partial charge in [-0.05, 0) is 46.7 Å². The van der Waals surface area contributed by atoms with Crippen LogP contribution in [0.2, 0.25) is 0 Å². The van der Waals surface area contributed by atoms with Crippen LogP contribution in [0.15, 0.2) is 78.9 Å². The molecule has 0 saturated carbocycles. The zero-order chi connectivity index (χ0) is 16.9. The van der Waals surface area contributed by atoms with Crippen molar-refractivity contribution < 1.29 is 0 Å². The Bertz CT molecular complexity index is 854. The monoisotopic (exact) mass is 312 g/mol. The fraction of sp³-hybridized carbons (Fsp3) is 0.167. The van der Waals surface area contributed by atoms with Gasteiger partial charge in [0.2, 0.25) is 0 Å². The lowest BCUT2D eigenvalue weighted by Crippen LogP contribution is -1.89. The third-order valence-corrected chi connectivity index (χ3v) is 4.38. The highest BCUT2D eigenvalue weighted by Gasteiger charge is 2.23. The predicted octanol–water partition coefficient (Wildman–Crippen LogP) is 6.54. The summed E-state index contributed by atoms with van der Waals surface area (Å²) < 4.78 is 0. The molecular weight excluding hydrogens is 288 g/mol. The molecule has 0 amide bonds. The van der Waals surface area contributed by atoms with Gasteiger partial charge in [0, 0.05) is 0 Å². The number of aryl methyl sites for hydroxylation is 1. The molecule has 0 heterocycles. The molecule has 1 aliphatic carbocycles. The van der Waals surface area contributed by atoms with Gasteiger partial charge in [0.1, 0.15) is 0 Å². The summed E-state index contributed by atoms with van der Waals surface area (Å²) in [6.45, 7) is 6.16. The molecular formula is C24H24. The predicted molar refractivity (Wildman–Crippen MR) is 105 cm³/mol. The van der Waals surface area contributed by atoms with Gasteiger partial charge in [-0.25, -0.2) is 0 Å². The molecule has 0 heteroatoms. The molecule has 120 valence electrons. The Morgan fingerprint density at radius 3 is 2.08 bits per heavy atom. The van der Waals surface area contributed by atoms with Crippen LogP contribution in [0, 0.1) is 6.92 Å². The largest absolute Gasteiger partial charge is 0.0683 e. The highest BCUT2D eigenvalue weighted by Crippen LogP contribution is 2.42. The van der Waals surface area contributed by atoms with E-state index in [1.54, 1.807) is 0 Å². The fourth-order valence-electron chi connectivity index (χ4n) is 3.37. The zero-order valence-electron chi connectivity index (χ0n) is 14.7. The Kier molecular flexibility index (Phi) is 4.96. The van der Waals surface area contributed by atoms with Gasteiger partial charge in [0.05, 0.1) is 0 Å². The molecule has 0 saturated heterocycles. The number of fused-ring (bicyclic) bond motifs is 1. The standard InChI is InChI=1S/C22H18.C2H6/c1-16-8-7-12-18(14-16)21-15-19-11-5-6-13-20(19)22(21)17-9-3-2-4-10-17;1-2/h2-14H,15H2,1H3;1-2H3. The van der Waals surface area contributed by atoms with Gasteiger partial charge < -0.3 is 0 Å². The summed E-state index contributed by atoms with van der Waals surface area (Å²) in [5.41, 5.74) is 9.60. The molecule has 0 aromatic heterocycles. The fourth-order valence-corrected chi connectivity index (χ4v) is 3.37. The number of rotatable bonds is 2. The van der Waals surface area contributed by atoms with Gasteiger partial charge in [-0.15, -0.1) is 0 Å². The Balaban J connectivity index is 0.000000815. The maximum Gasteiger partial charge on any atom is -0.000728 e. The van der Waals surface area contributed by atoms with Crippen molar-refractivity contribution in [3.05, 3.63) is 107 Å². The molecule has 0 fully saturated rings. The van der Waals surface area contributed by atoms with E-state index in [2.05, 4.69) is 85.8 Å². The zero-order valence-corrected chi connectivity index (χ0v) is 14.7. The normalized spacial score (nSPS) is 12.5. The van der Waals surface area contributed by atoms with E-state index < -0.39 is 0 Å². The SMILES string of the molecule is CC.Cc1cccc(C2=C(c3ccccc3)c3ccccc3C2)c1. The maximum absolute atomic E-state index is 2.30. The molecule has 0 N–H and O–H groups in total. The van der Waals surface area contributed by atoms with Gasteiger partial charge in [0.15, 0.2) is 0 Å². The third kappa shape index (κ3) is 3.05. The van der Waals surface area contributed by atoms with E-state index in [9.17, 15) is 0 Å². The molecule has 0 radical (unpaired) electrons. The van der Waals surface area contributed by atoms with Crippen LogP contribution in [0.5, 0.6) is 0 Å². The molecule has 0 unspecified atom stereocenters. The second-order valence-electron chi connectivity index (χ2n) is 5.92. The van der Waals surface area contributed by atoms with E-state index in [0.717, 1.165) is 6.42 Å². The van der Waals surface area contributed by atoms with Crippen LogP contribution in [0.1, 0.15) is 41.7 Å². The van der Waals surface area contributed by atoms with Crippen LogP contribution in [-0.2, 0) is 6.42 Å². The third-order valence-electron chi connectivity index (χ3n) is 4.38. The summed E-state index contributed by atoms with van der Waals surface area (Å²) in [7, 11) is 0. The molecule has 1 aliphatic rings. The van der Waals surface area contributed by atoms with E-state index in [4.69, 9.17) is 0 Å². The van der Waals surface area contributed by atoms with Crippen molar-refractivity contribution in [2.75, 3.05) is 0 Å². The average molecular weight is 312 g/mol. The van der Waals surface area contributed by atoms with Crippen LogP contribution in [0.4, 0.5) is 0 Å². The summed E-state index contributed by atoms with van der Waals surface area (Å²) in [5.74, 6) is 0. The van der Waals surface area contributed by atoms with Crippen molar-refractivity contribution in [3.8, 4) is 0 Å². The van der Waals surface area contributed by atoms with Crippen LogP contribution in [0.25, 0.3) is 11.1 Å². The van der Waals surface area contributed by atoms with E-state index in [1.807, 2.05) is 13.8 Å². The number of benzene rings is 3. The van der Waals surface area contributed by atoms with Crippen LogP contribution in [0.3, 0.4) is 0 Å². The number of hydrogen-bond acceptors (Lipinski definition) is 0. The minimum Gasteiger partial charge on any atom is -0.0683 e. The first-order valence-electron chi connectivity index (χ1n) is 8.77.